The molecule has 0 spiro atoms. The second kappa shape index (κ2) is 6.19. The Hall–Kier alpha value is 0.194. The summed E-state index contributed by atoms with van der Waals surface area (Å²) in [7, 11) is 0. The van der Waals surface area contributed by atoms with Crippen LogP contribution < -0.4 is 0 Å². The fourth-order valence-corrected chi connectivity index (χ4v) is 0.0962. The molecule has 0 atom stereocenters. The van der Waals surface area contributed by atoms with Gasteiger partial charge in [-0.1, -0.05) is 6.92 Å². The molecule has 0 amide bonds. The minimum Gasteiger partial charge on any atom is -0.293 e. The average molecular weight is 129 g/mol. The average Bonchev–Trinajstić information content (AvgIpc) is 1.65. The molecule has 7 heavy (non-hydrogen) atoms. The Morgan fingerprint density at radius 3 is 2.00 bits per heavy atom. The summed E-state index contributed by atoms with van der Waals surface area (Å²) in [5.74, 6) is 0. The van der Waals surface area contributed by atoms with Crippen molar-refractivity contribution >= 4 is 0 Å². The third-order valence-corrected chi connectivity index (χ3v) is 0.718. The Bertz CT molecular complexity index is 72.2. The molecule has 0 radical (unpaired) electrons. The summed E-state index contributed by atoms with van der Waals surface area (Å²) in [5.41, 5.74) is 1.12. The van der Waals surface area contributed by atoms with Crippen LogP contribution in [0.15, 0.2) is 17.7 Å². The zero-order chi connectivity index (χ0) is 4.99. The second-order valence-corrected chi connectivity index (χ2v) is 1.20. The first-order valence-corrected chi connectivity index (χ1v) is 1.99. The molecule has 0 saturated carbocycles. The molecular formula is C6H9Ti+. The maximum absolute atomic E-state index is 5.09. The van der Waals surface area contributed by atoms with Crippen LogP contribution in [0.2, 0.25) is 0 Å². The predicted molar refractivity (Wildman–Crippen MR) is 28.3 cm³/mol. The third-order valence-electron chi connectivity index (χ3n) is 0.718. The van der Waals surface area contributed by atoms with E-state index in [2.05, 4.69) is 0 Å². The number of hydrogen-bond donors (Lipinski definition) is 0. The Morgan fingerprint density at radius 2 is 2.00 bits per heavy atom. The monoisotopic (exact) mass is 129 g/mol. The van der Waals surface area contributed by atoms with Gasteiger partial charge in [0.15, 0.2) is 0 Å². The molecule has 0 aliphatic heterocycles. The molecule has 0 aromatic rings. The Labute approximate surface area is 60.2 Å². The molecule has 0 N–H and O–H groups in total. The molecular weight excluding hydrogens is 120 g/mol. The maximum atomic E-state index is 5.09. The third kappa shape index (κ3) is 6.19. The van der Waals surface area contributed by atoms with Gasteiger partial charge in [-0.25, -0.2) is 11.6 Å². The molecule has 0 aliphatic rings. The summed E-state index contributed by atoms with van der Waals surface area (Å²) >= 11 is 0. The van der Waals surface area contributed by atoms with Crippen LogP contribution >= 0.6 is 0 Å². The zero-order valence-corrected chi connectivity index (χ0v) is 6.29. The first-order valence-electron chi connectivity index (χ1n) is 1.99. The molecule has 0 fully saturated rings. The van der Waals surface area contributed by atoms with Crippen LogP contribution in [0.3, 0.4) is 0 Å². The van der Waals surface area contributed by atoms with Crippen molar-refractivity contribution in [3.05, 3.63) is 24.3 Å². The van der Waals surface area contributed by atoms with Crippen LogP contribution in [-0.2, 0) is 21.7 Å². The fraction of sp³-hybridized carbons (Fsp3) is 0.333. The molecule has 36 valence electrons. The van der Waals surface area contributed by atoms with E-state index in [9.17, 15) is 0 Å². The Kier molecular flexibility index (Phi) is 9.05. The van der Waals surface area contributed by atoms with E-state index in [1.807, 2.05) is 19.9 Å². The van der Waals surface area contributed by atoms with Crippen LogP contribution in [0.5, 0.6) is 0 Å². The van der Waals surface area contributed by atoms with Crippen LogP contribution in [0.4, 0.5) is 0 Å². The van der Waals surface area contributed by atoms with E-state index in [4.69, 9.17) is 6.58 Å². The van der Waals surface area contributed by atoms with Gasteiger partial charge in [0.25, 0.3) is 0 Å². The predicted octanol–water partition coefficient (Wildman–Crippen LogP) is 1.94. The van der Waals surface area contributed by atoms with E-state index in [0.717, 1.165) is 5.57 Å². The van der Waals surface area contributed by atoms with Crippen molar-refractivity contribution in [3.8, 4) is 0 Å². The van der Waals surface area contributed by atoms with Gasteiger partial charge in [-0.2, -0.15) is 6.08 Å². The minimum atomic E-state index is 0. The van der Waals surface area contributed by atoms with Crippen LogP contribution in [0.1, 0.15) is 13.8 Å². The van der Waals surface area contributed by atoms with Gasteiger partial charge >= 0.3 is 21.7 Å². The molecule has 0 bridgehead atoms. The van der Waals surface area contributed by atoms with E-state index in [0.29, 0.717) is 0 Å². The van der Waals surface area contributed by atoms with Crippen molar-refractivity contribution in [2.75, 3.05) is 0 Å². The topological polar surface area (TPSA) is 0 Å². The Morgan fingerprint density at radius 1 is 1.57 bits per heavy atom. The summed E-state index contributed by atoms with van der Waals surface area (Å²) < 4.78 is 0. The smallest absolute Gasteiger partial charge is 0.293 e. The van der Waals surface area contributed by atoms with Gasteiger partial charge in [0, 0.05) is 0 Å². The largest absolute Gasteiger partial charge is 2.00 e. The molecule has 1 heteroatoms. The van der Waals surface area contributed by atoms with Gasteiger partial charge in [-0.15, -0.1) is 6.92 Å². The quantitative estimate of drug-likeness (QED) is 0.288. The number of hydrogen-bond acceptors (Lipinski definition) is 0. The molecule has 0 unspecified atom stereocenters. The molecule has 0 nitrogen and oxygen atoms in total. The normalized spacial score (nSPS) is 9.71. The van der Waals surface area contributed by atoms with Crippen LogP contribution in [-0.4, -0.2) is 0 Å². The van der Waals surface area contributed by atoms with E-state index in [1.165, 1.54) is 0 Å². The van der Waals surface area contributed by atoms with Gasteiger partial charge in [0.2, 0.25) is 0 Å². The standard InChI is InChI=1S/C6H9.Ti/c1-4-6(3)5-2;/h1,4-5H,2-3H3;/q-1;+2. The SMILES string of the molecule is [CH-]=CC(C)=CC.[Ti+2]. The van der Waals surface area contributed by atoms with Crippen molar-refractivity contribution in [2.45, 2.75) is 13.8 Å². The van der Waals surface area contributed by atoms with Gasteiger partial charge < -0.3 is 0 Å². The van der Waals surface area contributed by atoms with E-state index < -0.39 is 0 Å². The van der Waals surface area contributed by atoms with Crippen molar-refractivity contribution < 1.29 is 21.7 Å². The molecule has 0 saturated heterocycles. The van der Waals surface area contributed by atoms with Gasteiger partial charge in [0.05, 0.1) is 0 Å². The van der Waals surface area contributed by atoms with Crippen molar-refractivity contribution in [1.82, 2.24) is 0 Å². The number of rotatable bonds is 1. The van der Waals surface area contributed by atoms with E-state index in [1.54, 1.807) is 6.08 Å². The first kappa shape index (κ1) is 10.2. The maximum Gasteiger partial charge on any atom is 2.00 e. The zero-order valence-electron chi connectivity index (χ0n) is 4.73. The molecule has 0 aromatic carbocycles. The molecule has 0 aromatic heterocycles. The summed E-state index contributed by atoms with van der Waals surface area (Å²) in [6, 6.07) is 0. The van der Waals surface area contributed by atoms with Crippen molar-refractivity contribution in [3.63, 3.8) is 0 Å². The van der Waals surface area contributed by atoms with Gasteiger partial charge in [-0.05, 0) is 0 Å². The summed E-state index contributed by atoms with van der Waals surface area (Å²) in [6.07, 6.45) is 3.54. The first-order chi connectivity index (χ1) is 2.81. The van der Waals surface area contributed by atoms with Crippen molar-refractivity contribution in [1.29, 1.82) is 0 Å². The van der Waals surface area contributed by atoms with E-state index in [-0.39, 0.29) is 21.7 Å². The molecule has 0 aliphatic carbocycles. The Balaban J connectivity index is 0. The fourth-order valence-electron chi connectivity index (χ4n) is 0.0962. The second-order valence-electron chi connectivity index (χ2n) is 1.20. The minimum absolute atomic E-state index is 0. The van der Waals surface area contributed by atoms with E-state index >= 15 is 0 Å². The van der Waals surface area contributed by atoms with Crippen molar-refractivity contribution in [2.24, 2.45) is 0 Å². The van der Waals surface area contributed by atoms with Crippen LogP contribution in [0, 0.1) is 6.58 Å². The van der Waals surface area contributed by atoms with Crippen LogP contribution in [0.25, 0.3) is 0 Å². The molecule has 0 heterocycles. The van der Waals surface area contributed by atoms with Gasteiger partial charge in [0.1, 0.15) is 0 Å². The van der Waals surface area contributed by atoms with Gasteiger partial charge in [-0.3, -0.25) is 6.58 Å². The summed E-state index contributed by atoms with van der Waals surface area (Å²) in [6.45, 7) is 9.00. The number of allylic oxidation sites excluding steroid dienone is 3. The molecule has 0 rings (SSSR count). The summed E-state index contributed by atoms with van der Waals surface area (Å²) in [4.78, 5) is 0. The summed E-state index contributed by atoms with van der Waals surface area (Å²) in [5, 5.41) is 0.